The molecule has 1 aromatic rings. The van der Waals surface area contributed by atoms with Crippen LogP contribution >= 0.6 is 0 Å². The summed E-state index contributed by atoms with van der Waals surface area (Å²) in [5.74, 6) is 0. The van der Waals surface area contributed by atoms with E-state index in [-0.39, 0.29) is 11.1 Å². The fraction of sp³-hybridized carbons (Fsp3) is 0.500. The minimum atomic E-state index is -3.61. The van der Waals surface area contributed by atoms with E-state index in [2.05, 4.69) is 10.3 Å². The minimum absolute atomic E-state index is 0.0525. The smallest absolute Gasteiger partial charge is 0.260 e. The lowest BCUT2D eigenvalue weighted by Crippen LogP contribution is -2.47. The van der Waals surface area contributed by atoms with E-state index in [4.69, 9.17) is 5.26 Å². The molecule has 102 valence electrons. The fourth-order valence-corrected chi connectivity index (χ4v) is 3.63. The average Bonchev–Trinajstić information content (AvgIpc) is 2.47. The van der Waals surface area contributed by atoms with Crippen LogP contribution in [0.5, 0.6) is 0 Å². The Balaban J connectivity index is 2.29. The molecule has 19 heavy (non-hydrogen) atoms. The molecule has 1 fully saturated rings. The van der Waals surface area contributed by atoms with Gasteiger partial charge in [-0.2, -0.15) is 9.57 Å². The number of hydrogen-bond donors (Lipinski definition) is 1. The topological polar surface area (TPSA) is 86.1 Å². The Bertz CT molecular complexity index is 594. The summed E-state index contributed by atoms with van der Waals surface area (Å²) >= 11 is 0. The summed E-state index contributed by atoms with van der Waals surface area (Å²) < 4.78 is 26.3. The fourth-order valence-electron chi connectivity index (χ4n) is 2.15. The molecular weight excluding hydrogens is 264 g/mol. The zero-order chi connectivity index (χ0) is 13.9. The monoisotopic (exact) mass is 280 g/mol. The molecule has 0 amide bonds. The third-order valence-electron chi connectivity index (χ3n) is 3.26. The summed E-state index contributed by atoms with van der Waals surface area (Å²) in [5, 5.41) is 11.9. The van der Waals surface area contributed by atoms with Crippen molar-refractivity contribution in [1.29, 1.82) is 5.26 Å². The number of sulfonamides is 1. The molecule has 1 atom stereocenters. The highest BCUT2D eigenvalue weighted by Crippen LogP contribution is 2.19. The zero-order valence-corrected chi connectivity index (χ0v) is 11.5. The Morgan fingerprint density at radius 1 is 1.58 bits per heavy atom. The summed E-state index contributed by atoms with van der Waals surface area (Å²) in [6.07, 6.45) is 3.14. The predicted molar refractivity (Wildman–Crippen MR) is 69.8 cm³/mol. The van der Waals surface area contributed by atoms with E-state index < -0.39 is 10.0 Å². The van der Waals surface area contributed by atoms with Gasteiger partial charge in [0, 0.05) is 25.3 Å². The van der Waals surface area contributed by atoms with Gasteiger partial charge in [-0.25, -0.2) is 13.4 Å². The number of likely N-dealkylation sites (N-methyl/N-ethyl adjacent to an activating group) is 1. The highest BCUT2D eigenvalue weighted by molar-refractivity contribution is 7.89. The minimum Gasteiger partial charge on any atom is -0.316 e. The van der Waals surface area contributed by atoms with Crippen LogP contribution in [0.2, 0.25) is 0 Å². The first-order valence-corrected chi connectivity index (χ1v) is 7.55. The van der Waals surface area contributed by atoms with Gasteiger partial charge >= 0.3 is 0 Å². The third-order valence-corrected chi connectivity index (χ3v) is 5.02. The number of rotatable bonds is 3. The Morgan fingerprint density at radius 3 is 3.05 bits per heavy atom. The standard InChI is InChI=1S/C12H16N4O2S/c1-14-11-3-2-6-16(9-11)19(17,18)12-7-10(8-13)4-5-15-12/h4-5,7,11,14H,2-3,6,9H2,1H3/t11-/m0/s1. The SMILES string of the molecule is CN[C@H]1CCCN(S(=O)(=O)c2cc(C#N)ccn2)C1. The van der Waals surface area contributed by atoms with Crippen LogP contribution in [0.25, 0.3) is 0 Å². The Labute approximate surface area is 113 Å². The van der Waals surface area contributed by atoms with Crippen LogP contribution < -0.4 is 5.32 Å². The van der Waals surface area contributed by atoms with Crippen molar-refractivity contribution in [2.45, 2.75) is 23.9 Å². The molecule has 0 saturated carbocycles. The Morgan fingerprint density at radius 2 is 2.37 bits per heavy atom. The van der Waals surface area contributed by atoms with Gasteiger partial charge in [0.1, 0.15) is 0 Å². The maximum atomic E-state index is 12.4. The van der Waals surface area contributed by atoms with Gasteiger partial charge < -0.3 is 5.32 Å². The van der Waals surface area contributed by atoms with Crippen molar-refractivity contribution in [3.63, 3.8) is 0 Å². The van der Waals surface area contributed by atoms with Crippen LogP contribution in [0.1, 0.15) is 18.4 Å². The van der Waals surface area contributed by atoms with Gasteiger partial charge in [0.05, 0.1) is 11.6 Å². The van der Waals surface area contributed by atoms with Crippen molar-refractivity contribution in [2.75, 3.05) is 20.1 Å². The number of nitriles is 1. The maximum Gasteiger partial charge on any atom is 0.260 e. The van der Waals surface area contributed by atoms with E-state index in [0.29, 0.717) is 18.7 Å². The largest absolute Gasteiger partial charge is 0.316 e. The first-order chi connectivity index (χ1) is 9.07. The van der Waals surface area contributed by atoms with E-state index in [0.717, 1.165) is 12.8 Å². The summed E-state index contributed by atoms with van der Waals surface area (Å²) in [7, 11) is -1.78. The molecule has 1 N–H and O–H groups in total. The molecular formula is C12H16N4O2S. The zero-order valence-electron chi connectivity index (χ0n) is 10.7. The summed E-state index contributed by atoms with van der Waals surface area (Å²) in [6.45, 7) is 0.941. The molecule has 0 unspecified atom stereocenters. The van der Waals surface area contributed by atoms with Gasteiger partial charge in [-0.05, 0) is 32.0 Å². The van der Waals surface area contributed by atoms with Crippen molar-refractivity contribution < 1.29 is 8.42 Å². The quantitative estimate of drug-likeness (QED) is 0.862. The molecule has 1 aromatic heterocycles. The lowest BCUT2D eigenvalue weighted by molar-refractivity contribution is 0.292. The van der Waals surface area contributed by atoms with Crippen LogP contribution in [0.15, 0.2) is 23.4 Å². The van der Waals surface area contributed by atoms with Gasteiger partial charge in [-0.3, -0.25) is 0 Å². The summed E-state index contributed by atoms with van der Waals surface area (Å²) in [5.41, 5.74) is 0.302. The van der Waals surface area contributed by atoms with Crippen LogP contribution in [-0.2, 0) is 10.0 Å². The second-order valence-corrected chi connectivity index (χ2v) is 6.37. The number of nitrogens with one attached hydrogen (secondary N) is 1. The van der Waals surface area contributed by atoms with E-state index in [1.807, 2.05) is 13.1 Å². The lowest BCUT2D eigenvalue weighted by atomic mass is 10.1. The lowest BCUT2D eigenvalue weighted by Gasteiger charge is -2.31. The molecule has 7 heteroatoms. The number of nitrogens with zero attached hydrogens (tertiary/aromatic N) is 3. The van der Waals surface area contributed by atoms with Gasteiger partial charge in [-0.1, -0.05) is 0 Å². The predicted octanol–water partition coefficient (Wildman–Crippen LogP) is 0.326. The van der Waals surface area contributed by atoms with Crippen LogP contribution in [-0.4, -0.2) is 43.9 Å². The van der Waals surface area contributed by atoms with Crippen molar-refractivity contribution >= 4 is 10.0 Å². The average molecular weight is 280 g/mol. The molecule has 1 aliphatic heterocycles. The van der Waals surface area contributed by atoms with Crippen molar-refractivity contribution in [1.82, 2.24) is 14.6 Å². The normalized spacial score (nSPS) is 20.9. The van der Waals surface area contributed by atoms with E-state index >= 15 is 0 Å². The molecule has 1 saturated heterocycles. The highest BCUT2D eigenvalue weighted by atomic mass is 32.2. The molecule has 0 spiro atoms. The number of aromatic nitrogens is 1. The van der Waals surface area contributed by atoms with Crippen molar-refractivity contribution in [2.24, 2.45) is 0 Å². The first-order valence-electron chi connectivity index (χ1n) is 6.11. The Kier molecular flexibility index (Phi) is 4.14. The van der Waals surface area contributed by atoms with Gasteiger partial charge in [0.2, 0.25) is 0 Å². The van der Waals surface area contributed by atoms with Gasteiger partial charge in [-0.15, -0.1) is 0 Å². The molecule has 6 nitrogen and oxygen atoms in total. The van der Waals surface area contributed by atoms with Gasteiger partial charge in [0.15, 0.2) is 5.03 Å². The van der Waals surface area contributed by atoms with Crippen molar-refractivity contribution in [3.8, 4) is 6.07 Å². The van der Waals surface area contributed by atoms with Gasteiger partial charge in [0.25, 0.3) is 10.0 Å². The van der Waals surface area contributed by atoms with Crippen LogP contribution in [0.3, 0.4) is 0 Å². The number of piperidine rings is 1. The van der Waals surface area contributed by atoms with E-state index in [1.165, 1.54) is 22.6 Å². The second kappa shape index (κ2) is 5.65. The first kappa shape index (κ1) is 13.9. The van der Waals surface area contributed by atoms with Crippen molar-refractivity contribution in [3.05, 3.63) is 23.9 Å². The molecule has 2 rings (SSSR count). The van der Waals surface area contributed by atoms with E-state index in [9.17, 15) is 8.42 Å². The maximum absolute atomic E-state index is 12.4. The number of hydrogen-bond acceptors (Lipinski definition) is 5. The second-order valence-electron chi connectivity index (χ2n) is 4.49. The molecule has 0 bridgehead atoms. The molecule has 0 radical (unpaired) electrons. The molecule has 1 aliphatic rings. The summed E-state index contributed by atoms with van der Waals surface area (Å²) in [4.78, 5) is 3.88. The van der Waals surface area contributed by atoms with E-state index in [1.54, 1.807) is 0 Å². The highest BCUT2D eigenvalue weighted by Gasteiger charge is 2.30. The van der Waals surface area contributed by atoms with Crippen LogP contribution in [0.4, 0.5) is 0 Å². The molecule has 0 aliphatic carbocycles. The molecule has 0 aromatic carbocycles. The molecule has 2 heterocycles. The third kappa shape index (κ3) is 2.92. The number of pyridine rings is 1. The Hall–Kier alpha value is -1.49. The van der Waals surface area contributed by atoms with Crippen LogP contribution in [0, 0.1) is 11.3 Å². The summed E-state index contributed by atoms with van der Waals surface area (Å²) in [6, 6.07) is 4.91.